The average molecular weight is 255 g/mol. The summed E-state index contributed by atoms with van der Waals surface area (Å²) in [6.45, 7) is 5.57. The van der Waals surface area contributed by atoms with E-state index >= 15 is 0 Å². The van der Waals surface area contributed by atoms with Crippen molar-refractivity contribution in [1.29, 1.82) is 0 Å². The number of primary amides is 1. The van der Waals surface area contributed by atoms with Crippen LogP contribution in [-0.2, 0) is 9.53 Å². The number of likely N-dealkylation sites (tertiary alicyclic amines) is 1. The minimum atomic E-state index is -0.228. The lowest BCUT2D eigenvalue weighted by molar-refractivity contribution is -0.120. The van der Waals surface area contributed by atoms with Crippen LogP contribution in [0.25, 0.3) is 0 Å². The summed E-state index contributed by atoms with van der Waals surface area (Å²) in [7, 11) is 0. The molecule has 2 rings (SSSR count). The lowest BCUT2D eigenvalue weighted by Crippen LogP contribution is -2.51. The van der Waals surface area contributed by atoms with Crippen molar-refractivity contribution in [3.05, 3.63) is 0 Å². The summed E-state index contributed by atoms with van der Waals surface area (Å²) in [6, 6.07) is 0.324. The van der Waals surface area contributed by atoms with E-state index in [4.69, 9.17) is 10.5 Å². The quantitative estimate of drug-likeness (QED) is 0.677. The van der Waals surface area contributed by atoms with Crippen molar-refractivity contribution in [2.75, 3.05) is 26.2 Å². The standard InChI is InChI=1S/C13H25N3O2/c1-2-18-11-5-7-16(8-6-11)9-12(13(14)17)15-10-3-4-10/h10-12,15H,2-9H2,1H3,(H2,14,17). The highest BCUT2D eigenvalue weighted by molar-refractivity contribution is 5.80. The first-order valence-electron chi connectivity index (χ1n) is 7.08. The fraction of sp³-hybridized carbons (Fsp3) is 0.923. The Labute approximate surface area is 109 Å². The Morgan fingerprint density at radius 1 is 1.39 bits per heavy atom. The van der Waals surface area contributed by atoms with E-state index in [2.05, 4.69) is 10.2 Å². The molecule has 0 aromatic rings. The van der Waals surface area contributed by atoms with Crippen molar-refractivity contribution >= 4 is 5.91 Å². The van der Waals surface area contributed by atoms with Crippen molar-refractivity contribution in [2.24, 2.45) is 5.73 Å². The van der Waals surface area contributed by atoms with E-state index in [0.29, 0.717) is 12.1 Å². The fourth-order valence-electron chi connectivity index (χ4n) is 2.51. The van der Waals surface area contributed by atoms with E-state index in [-0.39, 0.29) is 11.9 Å². The van der Waals surface area contributed by atoms with Crippen LogP contribution in [0.2, 0.25) is 0 Å². The van der Waals surface area contributed by atoms with Crippen LogP contribution < -0.4 is 11.1 Å². The molecule has 104 valence electrons. The maximum absolute atomic E-state index is 11.4. The number of carbonyl (C=O) groups is 1. The van der Waals surface area contributed by atoms with Gasteiger partial charge in [0.2, 0.25) is 5.91 Å². The lowest BCUT2D eigenvalue weighted by Gasteiger charge is -2.33. The molecule has 1 aliphatic heterocycles. The van der Waals surface area contributed by atoms with Gasteiger partial charge in [-0.05, 0) is 32.6 Å². The Hall–Kier alpha value is -0.650. The topological polar surface area (TPSA) is 67.6 Å². The minimum absolute atomic E-state index is 0.193. The van der Waals surface area contributed by atoms with Gasteiger partial charge in [-0.3, -0.25) is 4.79 Å². The number of hydrogen-bond acceptors (Lipinski definition) is 4. The summed E-state index contributed by atoms with van der Waals surface area (Å²) in [6.07, 6.45) is 4.87. The fourth-order valence-corrected chi connectivity index (χ4v) is 2.51. The van der Waals surface area contributed by atoms with Gasteiger partial charge in [0.15, 0.2) is 0 Å². The Bertz CT molecular complexity index is 273. The van der Waals surface area contributed by atoms with E-state index in [0.717, 1.165) is 39.1 Å². The molecular weight excluding hydrogens is 230 g/mol. The van der Waals surface area contributed by atoms with Crippen LogP contribution >= 0.6 is 0 Å². The molecule has 1 amide bonds. The molecule has 0 radical (unpaired) electrons. The highest BCUT2D eigenvalue weighted by Crippen LogP contribution is 2.20. The van der Waals surface area contributed by atoms with Gasteiger partial charge < -0.3 is 20.7 Å². The number of amides is 1. The van der Waals surface area contributed by atoms with Gasteiger partial charge >= 0.3 is 0 Å². The summed E-state index contributed by atoms with van der Waals surface area (Å²) in [4.78, 5) is 13.7. The number of nitrogens with one attached hydrogen (secondary N) is 1. The molecule has 0 spiro atoms. The summed E-state index contributed by atoms with van der Waals surface area (Å²) in [5.74, 6) is -0.228. The molecule has 1 atom stereocenters. The van der Waals surface area contributed by atoms with Gasteiger partial charge in [-0.2, -0.15) is 0 Å². The first-order valence-corrected chi connectivity index (χ1v) is 7.08. The molecule has 1 saturated heterocycles. The number of rotatable bonds is 7. The molecule has 1 heterocycles. The number of ether oxygens (including phenoxy) is 1. The molecule has 5 nitrogen and oxygen atoms in total. The molecule has 2 fully saturated rings. The molecule has 1 unspecified atom stereocenters. The summed E-state index contributed by atoms with van der Waals surface area (Å²) in [5, 5.41) is 3.33. The molecular formula is C13H25N3O2. The lowest BCUT2D eigenvalue weighted by atomic mass is 10.1. The van der Waals surface area contributed by atoms with Crippen molar-refractivity contribution in [3.63, 3.8) is 0 Å². The zero-order chi connectivity index (χ0) is 13.0. The second-order valence-electron chi connectivity index (χ2n) is 5.35. The van der Waals surface area contributed by atoms with Crippen LogP contribution in [0.5, 0.6) is 0 Å². The summed E-state index contributed by atoms with van der Waals surface area (Å²) in [5.41, 5.74) is 5.45. The van der Waals surface area contributed by atoms with Crippen molar-refractivity contribution in [1.82, 2.24) is 10.2 Å². The molecule has 0 aromatic carbocycles. The Morgan fingerprint density at radius 2 is 2.06 bits per heavy atom. The van der Waals surface area contributed by atoms with Crippen LogP contribution in [0.3, 0.4) is 0 Å². The summed E-state index contributed by atoms with van der Waals surface area (Å²) >= 11 is 0. The third kappa shape index (κ3) is 4.23. The van der Waals surface area contributed by atoms with Gasteiger partial charge in [-0.1, -0.05) is 0 Å². The largest absolute Gasteiger partial charge is 0.378 e. The molecule has 5 heteroatoms. The summed E-state index contributed by atoms with van der Waals surface area (Å²) < 4.78 is 5.62. The molecule has 0 bridgehead atoms. The Kier molecular flexibility index (Phi) is 4.97. The molecule has 18 heavy (non-hydrogen) atoms. The van der Waals surface area contributed by atoms with E-state index in [1.165, 1.54) is 12.8 Å². The predicted octanol–water partition coefficient (Wildman–Crippen LogP) is 0.0932. The van der Waals surface area contributed by atoms with Crippen LogP contribution in [0, 0.1) is 0 Å². The maximum atomic E-state index is 11.4. The number of nitrogens with two attached hydrogens (primary N) is 1. The van der Waals surface area contributed by atoms with E-state index in [1.54, 1.807) is 0 Å². The van der Waals surface area contributed by atoms with Gasteiger partial charge in [0.1, 0.15) is 0 Å². The monoisotopic (exact) mass is 255 g/mol. The SMILES string of the molecule is CCOC1CCN(CC(NC2CC2)C(N)=O)CC1. The smallest absolute Gasteiger partial charge is 0.235 e. The van der Waals surface area contributed by atoms with E-state index < -0.39 is 0 Å². The third-order valence-corrected chi connectivity index (χ3v) is 3.74. The second-order valence-corrected chi connectivity index (χ2v) is 5.35. The van der Waals surface area contributed by atoms with Crippen molar-refractivity contribution < 1.29 is 9.53 Å². The third-order valence-electron chi connectivity index (χ3n) is 3.74. The Morgan fingerprint density at radius 3 is 2.56 bits per heavy atom. The number of piperidine rings is 1. The van der Waals surface area contributed by atoms with Gasteiger partial charge in [-0.15, -0.1) is 0 Å². The van der Waals surface area contributed by atoms with E-state index in [1.807, 2.05) is 6.92 Å². The highest BCUT2D eigenvalue weighted by Gasteiger charge is 2.29. The predicted molar refractivity (Wildman–Crippen MR) is 70.2 cm³/mol. The minimum Gasteiger partial charge on any atom is -0.378 e. The first kappa shape index (κ1) is 13.8. The number of hydrogen-bond donors (Lipinski definition) is 2. The molecule has 2 aliphatic rings. The second kappa shape index (κ2) is 6.50. The first-order chi connectivity index (χ1) is 8.69. The van der Waals surface area contributed by atoms with Crippen LogP contribution in [0.4, 0.5) is 0 Å². The van der Waals surface area contributed by atoms with Crippen LogP contribution in [0.1, 0.15) is 32.6 Å². The van der Waals surface area contributed by atoms with E-state index in [9.17, 15) is 4.79 Å². The highest BCUT2D eigenvalue weighted by atomic mass is 16.5. The molecule has 0 aromatic heterocycles. The number of carbonyl (C=O) groups excluding carboxylic acids is 1. The van der Waals surface area contributed by atoms with Gasteiger partial charge in [0.05, 0.1) is 12.1 Å². The van der Waals surface area contributed by atoms with Gasteiger partial charge in [0, 0.05) is 32.3 Å². The average Bonchev–Trinajstić information content (AvgIpc) is 3.15. The van der Waals surface area contributed by atoms with Gasteiger partial charge in [-0.25, -0.2) is 0 Å². The van der Waals surface area contributed by atoms with Crippen LogP contribution in [-0.4, -0.2) is 55.2 Å². The normalized spacial score (nSPS) is 24.1. The van der Waals surface area contributed by atoms with Crippen molar-refractivity contribution in [2.45, 2.75) is 50.8 Å². The van der Waals surface area contributed by atoms with Crippen LogP contribution in [0.15, 0.2) is 0 Å². The molecule has 1 aliphatic carbocycles. The Balaban J connectivity index is 1.72. The zero-order valence-electron chi connectivity index (χ0n) is 11.2. The van der Waals surface area contributed by atoms with Crippen molar-refractivity contribution in [3.8, 4) is 0 Å². The molecule has 3 N–H and O–H groups in total. The molecule has 1 saturated carbocycles. The zero-order valence-corrected chi connectivity index (χ0v) is 11.2. The van der Waals surface area contributed by atoms with Gasteiger partial charge in [0.25, 0.3) is 0 Å². The maximum Gasteiger partial charge on any atom is 0.235 e. The number of nitrogens with zero attached hydrogens (tertiary/aromatic N) is 1.